The molecule has 0 aromatic heterocycles. The maximum Gasteiger partial charge on any atom is 0.255 e. The summed E-state index contributed by atoms with van der Waals surface area (Å²) in [7, 11) is 1.55. The average Bonchev–Trinajstić information content (AvgIpc) is 2.82. The number of hydrogen-bond donors (Lipinski definition) is 0. The fraction of sp³-hybridized carbons (Fsp3) is 0.417. The molecular weight excluding hydrogens is 226 g/mol. The molecule has 0 aliphatic carbocycles. The third kappa shape index (κ3) is 2.00. The molecule has 2 rings (SSSR count). The number of halogens is 1. The van der Waals surface area contributed by atoms with Gasteiger partial charge in [0.2, 0.25) is 0 Å². The summed E-state index contributed by atoms with van der Waals surface area (Å²) in [5.41, 5.74) is 0.530. The van der Waals surface area contributed by atoms with Gasteiger partial charge < -0.3 is 9.64 Å². The molecule has 0 spiro atoms. The highest BCUT2D eigenvalue weighted by Crippen LogP contribution is 2.29. The van der Waals surface area contributed by atoms with Crippen LogP contribution in [0.3, 0.4) is 0 Å². The Morgan fingerprint density at radius 3 is 2.69 bits per heavy atom. The second-order valence-electron chi connectivity index (χ2n) is 3.82. The molecule has 86 valence electrons. The van der Waals surface area contributed by atoms with Crippen LogP contribution >= 0.6 is 11.6 Å². The Bertz CT molecular complexity index is 400. The lowest BCUT2D eigenvalue weighted by Gasteiger charge is -2.16. The first kappa shape index (κ1) is 11.3. The molecule has 1 aromatic rings. The first-order valence-corrected chi connectivity index (χ1v) is 5.73. The zero-order valence-electron chi connectivity index (χ0n) is 9.20. The number of rotatable bonds is 2. The summed E-state index contributed by atoms with van der Waals surface area (Å²) in [4.78, 5) is 14.0. The van der Waals surface area contributed by atoms with E-state index in [4.69, 9.17) is 16.3 Å². The first-order valence-electron chi connectivity index (χ1n) is 5.36. The Balaban J connectivity index is 2.29. The number of methoxy groups -OCH3 is 1. The monoisotopic (exact) mass is 239 g/mol. The van der Waals surface area contributed by atoms with Crippen LogP contribution in [-0.2, 0) is 0 Å². The van der Waals surface area contributed by atoms with Crippen LogP contribution in [0.4, 0.5) is 0 Å². The van der Waals surface area contributed by atoms with Crippen molar-refractivity contribution in [1.29, 1.82) is 0 Å². The van der Waals surface area contributed by atoms with Gasteiger partial charge in [-0.1, -0.05) is 17.7 Å². The summed E-state index contributed by atoms with van der Waals surface area (Å²) >= 11 is 6.11. The lowest BCUT2D eigenvalue weighted by molar-refractivity contribution is 0.0792. The van der Waals surface area contributed by atoms with Crippen molar-refractivity contribution in [1.82, 2.24) is 4.90 Å². The van der Waals surface area contributed by atoms with Crippen molar-refractivity contribution in [3.63, 3.8) is 0 Å². The van der Waals surface area contributed by atoms with Crippen molar-refractivity contribution in [2.75, 3.05) is 20.2 Å². The van der Waals surface area contributed by atoms with E-state index < -0.39 is 0 Å². The molecule has 3 nitrogen and oxygen atoms in total. The van der Waals surface area contributed by atoms with E-state index in [1.165, 1.54) is 0 Å². The molecule has 0 atom stereocenters. The molecule has 1 amide bonds. The van der Waals surface area contributed by atoms with Gasteiger partial charge in [-0.3, -0.25) is 4.79 Å². The van der Waals surface area contributed by atoms with Gasteiger partial charge in [0.15, 0.2) is 0 Å². The number of hydrogen-bond acceptors (Lipinski definition) is 2. The Hall–Kier alpha value is -1.22. The Morgan fingerprint density at radius 2 is 2.06 bits per heavy atom. The van der Waals surface area contributed by atoms with Gasteiger partial charge in [0.25, 0.3) is 5.91 Å². The summed E-state index contributed by atoms with van der Waals surface area (Å²) < 4.78 is 5.10. The average molecular weight is 240 g/mol. The van der Waals surface area contributed by atoms with Crippen LogP contribution in [0.25, 0.3) is 0 Å². The molecule has 0 saturated carbocycles. The van der Waals surface area contributed by atoms with Gasteiger partial charge in [0, 0.05) is 13.1 Å². The molecule has 4 heteroatoms. The summed E-state index contributed by atoms with van der Waals surface area (Å²) in [6.45, 7) is 1.65. The van der Waals surface area contributed by atoms with Crippen LogP contribution in [0.5, 0.6) is 5.75 Å². The number of amides is 1. The molecule has 0 radical (unpaired) electrons. The minimum absolute atomic E-state index is 0.00130. The van der Waals surface area contributed by atoms with E-state index in [1.807, 2.05) is 4.90 Å². The van der Waals surface area contributed by atoms with Crippen molar-refractivity contribution in [3.05, 3.63) is 28.8 Å². The summed E-state index contributed by atoms with van der Waals surface area (Å²) in [6, 6.07) is 5.28. The molecule has 1 aromatic carbocycles. The fourth-order valence-electron chi connectivity index (χ4n) is 1.92. The third-order valence-electron chi connectivity index (χ3n) is 2.81. The minimum Gasteiger partial charge on any atom is -0.495 e. The van der Waals surface area contributed by atoms with Gasteiger partial charge >= 0.3 is 0 Å². The van der Waals surface area contributed by atoms with E-state index in [0.717, 1.165) is 25.9 Å². The highest BCUT2D eigenvalue weighted by molar-refractivity contribution is 6.35. The van der Waals surface area contributed by atoms with E-state index in [0.29, 0.717) is 16.3 Å². The SMILES string of the molecule is COc1cccc(C(=O)N2CCCC2)c1Cl. The van der Waals surface area contributed by atoms with Crippen molar-refractivity contribution in [2.45, 2.75) is 12.8 Å². The number of carbonyl (C=O) groups excluding carboxylic acids is 1. The number of likely N-dealkylation sites (tertiary alicyclic amines) is 1. The highest BCUT2D eigenvalue weighted by atomic mass is 35.5. The van der Waals surface area contributed by atoms with Gasteiger partial charge in [0.1, 0.15) is 5.75 Å². The smallest absolute Gasteiger partial charge is 0.255 e. The Labute approximate surface area is 100.0 Å². The van der Waals surface area contributed by atoms with Crippen LogP contribution < -0.4 is 4.74 Å². The largest absolute Gasteiger partial charge is 0.495 e. The number of nitrogens with zero attached hydrogens (tertiary/aromatic N) is 1. The molecule has 0 N–H and O–H groups in total. The van der Waals surface area contributed by atoms with Gasteiger partial charge in [0.05, 0.1) is 17.7 Å². The zero-order valence-corrected chi connectivity index (χ0v) is 9.96. The van der Waals surface area contributed by atoms with E-state index in [1.54, 1.807) is 25.3 Å². The highest BCUT2D eigenvalue weighted by Gasteiger charge is 2.22. The minimum atomic E-state index is 0.00130. The second kappa shape index (κ2) is 4.74. The molecule has 1 fully saturated rings. The quantitative estimate of drug-likeness (QED) is 0.794. The predicted octanol–water partition coefficient (Wildman–Crippen LogP) is 2.58. The van der Waals surface area contributed by atoms with E-state index in [-0.39, 0.29) is 5.91 Å². The number of carbonyl (C=O) groups is 1. The van der Waals surface area contributed by atoms with Crippen LogP contribution in [-0.4, -0.2) is 31.0 Å². The number of benzene rings is 1. The number of ether oxygens (including phenoxy) is 1. The van der Waals surface area contributed by atoms with Crippen molar-refractivity contribution < 1.29 is 9.53 Å². The lowest BCUT2D eigenvalue weighted by Crippen LogP contribution is -2.27. The fourth-order valence-corrected chi connectivity index (χ4v) is 2.21. The van der Waals surface area contributed by atoms with Gasteiger partial charge in [-0.2, -0.15) is 0 Å². The van der Waals surface area contributed by atoms with Crippen molar-refractivity contribution in [2.24, 2.45) is 0 Å². The Morgan fingerprint density at radius 1 is 1.38 bits per heavy atom. The van der Waals surface area contributed by atoms with E-state index in [2.05, 4.69) is 0 Å². The molecule has 16 heavy (non-hydrogen) atoms. The molecule has 1 aliphatic rings. The van der Waals surface area contributed by atoms with Crippen molar-refractivity contribution in [3.8, 4) is 5.75 Å². The zero-order chi connectivity index (χ0) is 11.5. The summed E-state index contributed by atoms with van der Waals surface area (Å²) in [6.07, 6.45) is 2.15. The summed E-state index contributed by atoms with van der Waals surface area (Å²) in [5, 5.41) is 0.405. The molecule has 1 heterocycles. The van der Waals surface area contributed by atoms with Crippen LogP contribution in [0, 0.1) is 0 Å². The van der Waals surface area contributed by atoms with E-state index >= 15 is 0 Å². The van der Waals surface area contributed by atoms with Gasteiger partial charge in [-0.15, -0.1) is 0 Å². The van der Waals surface area contributed by atoms with Crippen LogP contribution in [0.15, 0.2) is 18.2 Å². The molecule has 1 aliphatic heterocycles. The predicted molar refractivity (Wildman–Crippen MR) is 63.1 cm³/mol. The second-order valence-corrected chi connectivity index (χ2v) is 4.20. The maximum atomic E-state index is 12.1. The summed E-state index contributed by atoms with van der Waals surface area (Å²) in [5.74, 6) is 0.549. The van der Waals surface area contributed by atoms with E-state index in [9.17, 15) is 4.79 Å². The topological polar surface area (TPSA) is 29.5 Å². The van der Waals surface area contributed by atoms with Crippen LogP contribution in [0.1, 0.15) is 23.2 Å². The standard InChI is InChI=1S/C12H14ClNO2/c1-16-10-6-4-5-9(11(10)13)12(15)14-7-2-3-8-14/h4-6H,2-3,7-8H2,1H3. The normalized spacial score (nSPS) is 15.2. The molecule has 0 unspecified atom stereocenters. The molecular formula is C12H14ClNO2. The maximum absolute atomic E-state index is 12.1. The molecule has 0 bridgehead atoms. The lowest BCUT2D eigenvalue weighted by atomic mass is 10.2. The Kier molecular flexibility index (Phi) is 3.34. The third-order valence-corrected chi connectivity index (χ3v) is 3.20. The first-order chi connectivity index (χ1) is 7.74. The van der Waals surface area contributed by atoms with Gasteiger partial charge in [-0.25, -0.2) is 0 Å². The van der Waals surface area contributed by atoms with Crippen LogP contribution in [0.2, 0.25) is 5.02 Å². The van der Waals surface area contributed by atoms with Gasteiger partial charge in [-0.05, 0) is 25.0 Å². The van der Waals surface area contributed by atoms with Crippen molar-refractivity contribution >= 4 is 17.5 Å². The molecule has 1 saturated heterocycles.